The molecule has 2 amide bonds. The highest BCUT2D eigenvalue weighted by Gasteiger charge is 2.35. The van der Waals surface area contributed by atoms with Gasteiger partial charge in [-0.25, -0.2) is 8.42 Å². The van der Waals surface area contributed by atoms with E-state index in [0.29, 0.717) is 5.69 Å². The highest BCUT2D eigenvalue weighted by Crippen LogP contribution is 2.27. The quantitative estimate of drug-likeness (QED) is 0.151. The van der Waals surface area contributed by atoms with Gasteiger partial charge in [-0.1, -0.05) is 84.8 Å². The number of aryl methyl sites for hydroxylation is 2. The number of carbonyl (C=O) groups excluding carboxylic acids is 2. The summed E-state index contributed by atoms with van der Waals surface area (Å²) in [4.78, 5) is 31.1. The van der Waals surface area contributed by atoms with Crippen LogP contribution in [0.25, 0.3) is 0 Å². The number of thioether (sulfide) groups is 1. The van der Waals surface area contributed by atoms with E-state index in [4.69, 9.17) is 0 Å². The number of anilines is 1. The third-order valence-corrected chi connectivity index (χ3v) is 10.5. The van der Waals surface area contributed by atoms with E-state index in [1.54, 1.807) is 36.4 Å². The van der Waals surface area contributed by atoms with Crippen molar-refractivity contribution in [2.45, 2.75) is 69.0 Å². The van der Waals surface area contributed by atoms with Crippen molar-refractivity contribution in [1.82, 2.24) is 10.2 Å². The third kappa shape index (κ3) is 9.01. The Kier molecular flexibility index (Phi) is 12.1. The van der Waals surface area contributed by atoms with Gasteiger partial charge in [0.2, 0.25) is 11.8 Å². The maximum Gasteiger partial charge on any atom is 0.264 e. The van der Waals surface area contributed by atoms with Crippen LogP contribution in [0.4, 0.5) is 5.69 Å². The third-order valence-electron chi connectivity index (χ3n) is 7.99. The maximum atomic E-state index is 14.6. The fourth-order valence-corrected chi connectivity index (χ4v) is 6.82. The van der Waals surface area contributed by atoms with Crippen LogP contribution in [0.5, 0.6) is 0 Å². The van der Waals surface area contributed by atoms with E-state index in [-0.39, 0.29) is 29.8 Å². The Morgan fingerprint density at radius 1 is 0.804 bits per heavy atom. The lowest BCUT2D eigenvalue weighted by Gasteiger charge is -2.34. The average molecular weight is 658 g/mol. The van der Waals surface area contributed by atoms with Crippen molar-refractivity contribution in [3.63, 3.8) is 0 Å². The molecule has 0 heterocycles. The molecule has 4 rings (SSSR count). The van der Waals surface area contributed by atoms with Gasteiger partial charge in [0.05, 0.1) is 10.6 Å². The molecule has 9 heteroatoms. The van der Waals surface area contributed by atoms with Crippen molar-refractivity contribution in [3.8, 4) is 0 Å². The fourth-order valence-electron chi connectivity index (χ4n) is 5.00. The summed E-state index contributed by atoms with van der Waals surface area (Å²) in [5, 5.41) is 3.07. The van der Waals surface area contributed by atoms with Crippen molar-refractivity contribution in [2.75, 3.05) is 17.1 Å². The van der Waals surface area contributed by atoms with Gasteiger partial charge in [0.25, 0.3) is 10.0 Å². The molecule has 0 aliphatic rings. The Morgan fingerprint density at radius 3 is 1.96 bits per heavy atom. The van der Waals surface area contributed by atoms with Gasteiger partial charge in [-0.05, 0) is 81.0 Å². The standard InChI is InChI=1S/C37H43N3O4S2/c1-6-29(4)38-37(42)35(24-30-10-8-7-9-11-30)39(25-31-16-12-27(2)13-17-31)36(41)26-40(32-18-14-28(3)15-19-32)46(43,44)34-22-20-33(45-5)21-23-34/h7-23,29,35H,6,24-26H2,1-5H3,(H,38,42)/t29-,35-/m1/s1. The number of rotatable bonds is 14. The van der Waals surface area contributed by atoms with Crippen LogP contribution in [0.3, 0.4) is 0 Å². The van der Waals surface area contributed by atoms with E-state index in [1.165, 1.54) is 16.7 Å². The van der Waals surface area contributed by atoms with Gasteiger partial charge in [0.15, 0.2) is 0 Å². The minimum atomic E-state index is -4.15. The van der Waals surface area contributed by atoms with Gasteiger partial charge in [-0.2, -0.15) is 0 Å². The van der Waals surface area contributed by atoms with Gasteiger partial charge >= 0.3 is 0 Å². The second-order valence-corrected chi connectivity index (χ2v) is 14.3. The zero-order valence-corrected chi connectivity index (χ0v) is 28.8. The Labute approximate surface area is 278 Å². The summed E-state index contributed by atoms with van der Waals surface area (Å²) in [5.74, 6) is -0.762. The molecule has 0 spiro atoms. The molecule has 46 heavy (non-hydrogen) atoms. The van der Waals surface area contributed by atoms with Crippen LogP contribution in [0, 0.1) is 13.8 Å². The molecule has 7 nitrogen and oxygen atoms in total. The summed E-state index contributed by atoms with van der Waals surface area (Å²) < 4.78 is 29.6. The first-order chi connectivity index (χ1) is 22.0. The number of carbonyl (C=O) groups is 2. The molecule has 0 aliphatic heterocycles. The molecule has 0 fully saturated rings. The number of hydrogen-bond donors (Lipinski definition) is 1. The molecule has 0 aromatic heterocycles. The largest absolute Gasteiger partial charge is 0.352 e. The van der Waals surface area contributed by atoms with E-state index in [2.05, 4.69) is 5.32 Å². The topological polar surface area (TPSA) is 86.8 Å². The molecule has 0 bridgehead atoms. The number of benzene rings is 4. The zero-order valence-electron chi connectivity index (χ0n) is 27.1. The average Bonchev–Trinajstić information content (AvgIpc) is 3.06. The molecule has 4 aromatic rings. The number of nitrogens with one attached hydrogen (secondary N) is 1. The van der Waals surface area contributed by atoms with Gasteiger partial charge < -0.3 is 10.2 Å². The molecule has 242 valence electrons. The molecule has 4 aromatic carbocycles. The molecular formula is C37H43N3O4S2. The van der Waals surface area contributed by atoms with E-state index in [0.717, 1.165) is 37.9 Å². The Bertz CT molecular complexity index is 1690. The van der Waals surface area contributed by atoms with Crippen molar-refractivity contribution in [1.29, 1.82) is 0 Å². The highest BCUT2D eigenvalue weighted by molar-refractivity contribution is 7.98. The summed E-state index contributed by atoms with van der Waals surface area (Å²) in [7, 11) is -4.15. The lowest BCUT2D eigenvalue weighted by Crippen LogP contribution is -2.54. The van der Waals surface area contributed by atoms with Gasteiger partial charge in [0, 0.05) is 23.9 Å². The lowest BCUT2D eigenvalue weighted by atomic mass is 10.0. The van der Waals surface area contributed by atoms with Crippen LogP contribution >= 0.6 is 11.8 Å². The minimum absolute atomic E-state index is 0.0825. The van der Waals surface area contributed by atoms with Crippen LogP contribution in [-0.4, -0.2) is 50.0 Å². The van der Waals surface area contributed by atoms with Crippen molar-refractivity contribution < 1.29 is 18.0 Å². The fraction of sp³-hybridized carbons (Fsp3) is 0.297. The molecule has 0 unspecified atom stereocenters. The van der Waals surface area contributed by atoms with Crippen LogP contribution in [0.2, 0.25) is 0 Å². The summed E-state index contributed by atoms with van der Waals surface area (Å²) in [6, 6.07) is 30.1. The van der Waals surface area contributed by atoms with Crippen LogP contribution < -0.4 is 9.62 Å². The molecule has 0 radical (unpaired) electrons. The van der Waals surface area contributed by atoms with Crippen molar-refractivity contribution in [3.05, 3.63) is 125 Å². The molecule has 0 saturated carbocycles. The Hall–Kier alpha value is -4.08. The smallest absolute Gasteiger partial charge is 0.264 e. The van der Waals surface area contributed by atoms with Gasteiger partial charge in [0.1, 0.15) is 12.6 Å². The van der Waals surface area contributed by atoms with Crippen molar-refractivity contribution in [2.24, 2.45) is 0 Å². The van der Waals surface area contributed by atoms with E-state index in [1.807, 2.05) is 101 Å². The SMILES string of the molecule is CC[C@@H](C)NC(=O)[C@@H](Cc1ccccc1)N(Cc1ccc(C)cc1)C(=O)CN(c1ccc(C)cc1)S(=O)(=O)c1ccc(SC)cc1. The molecule has 2 atom stereocenters. The number of sulfonamides is 1. The normalized spacial score (nSPS) is 12.6. The molecule has 0 aliphatic carbocycles. The first-order valence-electron chi connectivity index (χ1n) is 15.4. The summed E-state index contributed by atoms with van der Waals surface area (Å²) >= 11 is 1.52. The van der Waals surface area contributed by atoms with Crippen molar-refractivity contribution >= 4 is 39.3 Å². The highest BCUT2D eigenvalue weighted by atomic mass is 32.2. The van der Waals surface area contributed by atoms with Gasteiger partial charge in [-0.3, -0.25) is 13.9 Å². The minimum Gasteiger partial charge on any atom is -0.352 e. The predicted molar refractivity (Wildman–Crippen MR) is 187 cm³/mol. The van der Waals surface area contributed by atoms with Crippen LogP contribution in [0.15, 0.2) is 113 Å². The second-order valence-electron chi connectivity index (χ2n) is 11.6. The summed E-state index contributed by atoms with van der Waals surface area (Å²) in [6.45, 7) is 7.47. The first-order valence-corrected chi connectivity index (χ1v) is 18.1. The van der Waals surface area contributed by atoms with Crippen LogP contribution in [-0.2, 0) is 32.6 Å². The maximum absolute atomic E-state index is 14.6. The number of nitrogens with zero attached hydrogens (tertiary/aromatic N) is 2. The van der Waals surface area contributed by atoms with E-state index >= 15 is 0 Å². The molecule has 0 saturated heterocycles. The Balaban J connectivity index is 1.80. The summed E-state index contributed by atoms with van der Waals surface area (Å²) in [5.41, 5.74) is 4.13. The zero-order chi connectivity index (χ0) is 33.3. The summed E-state index contributed by atoms with van der Waals surface area (Å²) in [6.07, 6.45) is 2.92. The molecule has 1 N–H and O–H groups in total. The second kappa shape index (κ2) is 16.0. The van der Waals surface area contributed by atoms with Gasteiger partial charge in [-0.15, -0.1) is 11.8 Å². The van der Waals surface area contributed by atoms with E-state index < -0.39 is 28.5 Å². The van der Waals surface area contributed by atoms with E-state index in [9.17, 15) is 18.0 Å². The molecular weight excluding hydrogens is 615 g/mol. The predicted octanol–water partition coefficient (Wildman–Crippen LogP) is 6.78. The first kappa shape index (κ1) is 34.8. The number of hydrogen-bond acceptors (Lipinski definition) is 5. The Morgan fingerprint density at radius 2 is 1.39 bits per heavy atom. The number of amides is 2. The monoisotopic (exact) mass is 657 g/mol. The lowest BCUT2D eigenvalue weighted by molar-refractivity contribution is -0.140. The van der Waals surface area contributed by atoms with Crippen LogP contribution in [0.1, 0.15) is 42.5 Å².